The molecule has 1 fully saturated rings. The highest BCUT2D eigenvalue weighted by atomic mass is 16.1. The molecule has 2 aromatic heterocycles. The molecule has 1 aliphatic carbocycles. The lowest BCUT2D eigenvalue weighted by molar-refractivity contribution is -0.115. The quantitative estimate of drug-likeness (QED) is 0.871. The van der Waals surface area contributed by atoms with E-state index in [2.05, 4.69) is 29.4 Å². The topological polar surface area (TPSA) is 64.7 Å². The molecule has 6 heteroatoms. The SMILES string of the molecule is Cc1nn(CC(C)C)c(C)c1CC(=O)Nc1ccnn1C1CCCC1. The molecule has 0 saturated heterocycles. The molecule has 136 valence electrons. The highest BCUT2D eigenvalue weighted by Crippen LogP contribution is 2.31. The molecule has 6 nitrogen and oxygen atoms in total. The van der Waals surface area contributed by atoms with Crippen molar-refractivity contribution in [3.8, 4) is 0 Å². The standard InChI is InChI=1S/C19H29N5O/c1-13(2)12-23-15(4)17(14(3)22-23)11-19(25)21-18-9-10-20-24(18)16-7-5-6-8-16/h9-10,13,16H,5-8,11-12H2,1-4H3,(H,21,25). The molecule has 2 heterocycles. The Kier molecular flexibility index (Phi) is 5.25. The van der Waals surface area contributed by atoms with Gasteiger partial charge in [0, 0.05) is 23.9 Å². The Hall–Kier alpha value is -2.11. The first-order chi connectivity index (χ1) is 12.0. The van der Waals surface area contributed by atoms with Gasteiger partial charge in [-0.25, -0.2) is 4.68 Å². The summed E-state index contributed by atoms with van der Waals surface area (Å²) in [4.78, 5) is 12.6. The Morgan fingerprint density at radius 1 is 1.32 bits per heavy atom. The largest absolute Gasteiger partial charge is 0.311 e. The van der Waals surface area contributed by atoms with E-state index in [1.54, 1.807) is 6.20 Å². The Morgan fingerprint density at radius 2 is 2.04 bits per heavy atom. The number of carbonyl (C=O) groups is 1. The highest BCUT2D eigenvalue weighted by Gasteiger charge is 2.21. The fraction of sp³-hybridized carbons (Fsp3) is 0.632. The van der Waals surface area contributed by atoms with Crippen molar-refractivity contribution < 1.29 is 4.79 Å². The Balaban J connectivity index is 1.69. The van der Waals surface area contributed by atoms with Gasteiger partial charge in [-0.3, -0.25) is 9.48 Å². The van der Waals surface area contributed by atoms with Crippen LogP contribution in [0.2, 0.25) is 0 Å². The molecule has 3 rings (SSSR count). The van der Waals surface area contributed by atoms with Gasteiger partial charge in [0.1, 0.15) is 5.82 Å². The summed E-state index contributed by atoms with van der Waals surface area (Å²) in [5.41, 5.74) is 3.06. The zero-order valence-corrected chi connectivity index (χ0v) is 15.7. The molecule has 25 heavy (non-hydrogen) atoms. The van der Waals surface area contributed by atoms with E-state index >= 15 is 0 Å². The second kappa shape index (κ2) is 7.42. The van der Waals surface area contributed by atoms with Gasteiger partial charge in [0.2, 0.25) is 5.91 Å². The number of rotatable bonds is 6. The van der Waals surface area contributed by atoms with Crippen molar-refractivity contribution in [1.82, 2.24) is 19.6 Å². The van der Waals surface area contributed by atoms with Gasteiger partial charge < -0.3 is 5.32 Å². The van der Waals surface area contributed by atoms with E-state index < -0.39 is 0 Å². The van der Waals surface area contributed by atoms with Crippen molar-refractivity contribution in [2.45, 2.75) is 72.4 Å². The first kappa shape index (κ1) is 17.7. The average Bonchev–Trinajstić information content (AvgIpc) is 3.25. The van der Waals surface area contributed by atoms with Gasteiger partial charge in [-0.15, -0.1) is 0 Å². The summed E-state index contributed by atoms with van der Waals surface area (Å²) in [5.74, 6) is 1.33. The molecule has 1 N–H and O–H groups in total. The number of aryl methyl sites for hydroxylation is 1. The summed E-state index contributed by atoms with van der Waals surface area (Å²) in [5, 5.41) is 12.1. The fourth-order valence-electron chi connectivity index (χ4n) is 3.71. The second-order valence-electron chi connectivity index (χ2n) is 7.55. The molecule has 0 aliphatic heterocycles. The molecule has 0 atom stereocenters. The fourth-order valence-corrected chi connectivity index (χ4v) is 3.71. The van der Waals surface area contributed by atoms with E-state index in [0.29, 0.717) is 18.4 Å². The normalized spacial score (nSPS) is 15.2. The minimum atomic E-state index is -0.00459. The summed E-state index contributed by atoms with van der Waals surface area (Å²) in [6.45, 7) is 9.26. The summed E-state index contributed by atoms with van der Waals surface area (Å²) < 4.78 is 4.00. The molecule has 0 radical (unpaired) electrons. The summed E-state index contributed by atoms with van der Waals surface area (Å²) >= 11 is 0. The van der Waals surface area contributed by atoms with Gasteiger partial charge in [0.05, 0.1) is 24.4 Å². The maximum absolute atomic E-state index is 12.6. The van der Waals surface area contributed by atoms with Gasteiger partial charge in [0.15, 0.2) is 0 Å². The van der Waals surface area contributed by atoms with Gasteiger partial charge in [-0.2, -0.15) is 10.2 Å². The van der Waals surface area contributed by atoms with Gasteiger partial charge >= 0.3 is 0 Å². The van der Waals surface area contributed by atoms with E-state index in [0.717, 1.165) is 42.2 Å². The number of hydrogen-bond donors (Lipinski definition) is 1. The van der Waals surface area contributed by atoms with E-state index in [-0.39, 0.29) is 5.91 Å². The van der Waals surface area contributed by atoms with Crippen LogP contribution in [0.1, 0.15) is 62.5 Å². The molecule has 0 bridgehead atoms. The Labute approximate surface area is 149 Å². The van der Waals surface area contributed by atoms with Crippen molar-refractivity contribution in [1.29, 1.82) is 0 Å². The van der Waals surface area contributed by atoms with Crippen LogP contribution in [0.25, 0.3) is 0 Å². The van der Waals surface area contributed by atoms with Crippen LogP contribution in [0.5, 0.6) is 0 Å². The number of amides is 1. The Bertz CT molecular complexity index is 737. The lowest BCUT2D eigenvalue weighted by atomic mass is 10.1. The zero-order chi connectivity index (χ0) is 18.0. The van der Waals surface area contributed by atoms with E-state index in [1.807, 2.05) is 29.3 Å². The van der Waals surface area contributed by atoms with Crippen molar-refractivity contribution in [3.63, 3.8) is 0 Å². The maximum Gasteiger partial charge on any atom is 0.230 e. The molecule has 1 saturated carbocycles. The van der Waals surface area contributed by atoms with Gasteiger partial charge in [0.25, 0.3) is 0 Å². The van der Waals surface area contributed by atoms with E-state index in [9.17, 15) is 4.79 Å². The first-order valence-electron chi connectivity index (χ1n) is 9.32. The van der Waals surface area contributed by atoms with Crippen LogP contribution in [-0.2, 0) is 17.8 Å². The smallest absolute Gasteiger partial charge is 0.230 e. The molecule has 2 aromatic rings. The predicted octanol–water partition coefficient (Wildman–Crippen LogP) is 3.65. The number of nitrogens with one attached hydrogen (secondary N) is 1. The van der Waals surface area contributed by atoms with Crippen LogP contribution in [0.15, 0.2) is 12.3 Å². The van der Waals surface area contributed by atoms with Gasteiger partial charge in [-0.1, -0.05) is 26.7 Å². The molecule has 0 unspecified atom stereocenters. The minimum absolute atomic E-state index is 0.00459. The lowest BCUT2D eigenvalue weighted by Crippen LogP contribution is -2.19. The van der Waals surface area contributed by atoms with E-state index in [1.165, 1.54) is 12.8 Å². The Morgan fingerprint density at radius 3 is 2.72 bits per heavy atom. The molecular weight excluding hydrogens is 314 g/mol. The predicted molar refractivity (Wildman–Crippen MR) is 98.6 cm³/mol. The third-order valence-electron chi connectivity index (χ3n) is 5.02. The third-order valence-corrected chi connectivity index (χ3v) is 5.02. The maximum atomic E-state index is 12.6. The van der Waals surface area contributed by atoms with Crippen molar-refractivity contribution >= 4 is 11.7 Å². The van der Waals surface area contributed by atoms with E-state index in [4.69, 9.17) is 0 Å². The van der Waals surface area contributed by atoms with Crippen molar-refractivity contribution in [3.05, 3.63) is 29.2 Å². The molecule has 0 spiro atoms. The number of carbonyl (C=O) groups excluding carboxylic acids is 1. The van der Waals surface area contributed by atoms with Crippen LogP contribution in [0.4, 0.5) is 5.82 Å². The number of nitrogens with zero attached hydrogens (tertiary/aromatic N) is 4. The number of hydrogen-bond acceptors (Lipinski definition) is 3. The highest BCUT2D eigenvalue weighted by molar-refractivity contribution is 5.91. The molecular formula is C19H29N5O. The van der Waals surface area contributed by atoms with Crippen molar-refractivity contribution in [2.24, 2.45) is 5.92 Å². The van der Waals surface area contributed by atoms with Crippen LogP contribution < -0.4 is 5.32 Å². The number of anilines is 1. The zero-order valence-electron chi connectivity index (χ0n) is 15.7. The summed E-state index contributed by atoms with van der Waals surface area (Å²) in [7, 11) is 0. The molecule has 0 aromatic carbocycles. The third kappa shape index (κ3) is 3.94. The first-order valence-corrected chi connectivity index (χ1v) is 9.32. The summed E-state index contributed by atoms with van der Waals surface area (Å²) in [6, 6.07) is 2.31. The van der Waals surface area contributed by atoms with Crippen LogP contribution >= 0.6 is 0 Å². The van der Waals surface area contributed by atoms with Crippen molar-refractivity contribution in [2.75, 3.05) is 5.32 Å². The van der Waals surface area contributed by atoms with Crippen LogP contribution in [0.3, 0.4) is 0 Å². The van der Waals surface area contributed by atoms with Crippen LogP contribution in [-0.4, -0.2) is 25.5 Å². The second-order valence-corrected chi connectivity index (χ2v) is 7.55. The summed E-state index contributed by atoms with van der Waals surface area (Å²) in [6.07, 6.45) is 6.89. The molecule has 1 amide bonds. The van der Waals surface area contributed by atoms with Crippen LogP contribution in [0, 0.1) is 19.8 Å². The number of aromatic nitrogens is 4. The molecule has 1 aliphatic rings. The monoisotopic (exact) mass is 343 g/mol. The minimum Gasteiger partial charge on any atom is -0.311 e. The average molecular weight is 343 g/mol. The van der Waals surface area contributed by atoms with Gasteiger partial charge in [-0.05, 0) is 32.6 Å². The lowest BCUT2D eigenvalue weighted by Gasteiger charge is -2.14.